The third-order valence-corrected chi connectivity index (χ3v) is 11.6. The molecule has 10 nitrogen and oxygen atoms in total. The molecular weight excluding hydrogens is 549 g/mol. The molecule has 0 aromatic carbocycles. The fraction of sp³-hybridized carbons (Fsp3) is 0.593. The first-order valence-corrected chi connectivity index (χ1v) is 15.3. The number of ether oxygens (including phenoxy) is 1. The van der Waals surface area contributed by atoms with Crippen LogP contribution < -0.4 is 20.3 Å². The fourth-order valence-electron chi connectivity index (χ4n) is 6.80. The average Bonchev–Trinajstić information content (AvgIpc) is 3.13. The van der Waals surface area contributed by atoms with Gasteiger partial charge in [0, 0.05) is 42.2 Å². The van der Waals surface area contributed by atoms with Crippen LogP contribution in [0.3, 0.4) is 0 Å². The Balaban J connectivity index is 1.20. The van der Waals surface area contributed by atoms with Crippen LogP contribution in [0.2, 0.25) is 0 Å². The number of aromatic nitrogens is 3. The monoisotopic (exact) mass is 577 g/mol. The van der Waals surface area contributed by atoms with Crippen molar-refractivity contribution < 1.29 is 9.13 Å². The van der Waals surface area contributed by atoms with Crippen molar-refractivity contribution in [3.05, 3.63) is 16.0 Å². The lowest BCUT2D eigenvalue weighted by molar-refractivity contribution is 0.107. The van der Waals surface area contributed by atoms with E-state index >= 15 is 0 Å². The minimum Gasteiger partial charge on any atom is -0.461 e. The lowest BCUT2D eigenvalue weighted by atomic mass is 9.88. The Bertz CT molecular complexity index is 1500. The maximum atomic E-state index is 14.3. The Kier molecular flexibility index (Phi) is 5.84. The number of nitrogen functional groups attached to an aromatic ring is 1. The first kappa shape index (κ1) is 25.6. The molecule has 4 aliphatic heterocycles. The maximum Gasteiger partial charge on any atom is 0.323 e. The molecule has 1 spiro atoms. The summed E-state index contributed by atoms with van der Waals surface area (Å²) in [4.78, 5) is 21.3. The third kappa shape index (κ3) is 3.81. The van der Waals surface area contributed by atoms with Crippen molar-refractivity contribution in [1.82, 2.24) is 19.9 Å². The van der Waals surface area contributed by atoms with Gasteiger partial charge >= 0.3 is 6.01 Å². The SMILES string of the molecule is C#CCN(c1nc(OC[C@@]23CCCN2CC(F)C3)nc(N2CC3(C2)SCc2sc(N)c(C#N)c23)n1)C1(C#N)CC1. The summed E-state index contributed by atoms with van der Waals surface area (Å²) in [6, 6.07) is 4.84. The number of hydrogen-bond donors (Lipinski definition) is 1. The van der Waals surface area contributed by atoms with Gasteiger partial charge in [0.2, 0.25) is 11.9 Å². The molecule has 5 aliphatic rings. The van der Waals surface area contributed by atoms with Crippen molar-refractivity contribution in [2.75, 3.05) is 54.9 Å². The highest BCUT2D eigenvalue weighted by molar-refractivity contribution is 8.00. The Morgan fingerprint density at radius 3 is 2.77 bits per heavy atom. The van der Waals surface area contributed by atoms with Crippen molar-refractivity contribution in [2.45, 2.75) is 59.9 Å². The zero-order valence-electron chi connectivity index (χ0n) is 21.9. The molecule has 0 radical (unpaired) electrons. The highest BCUT2D eigenvalue weighted by Gasteiger charge is 2.54. The minimum absolute atomic E-state index is 0.150. The first-order chi connectivity index (χ1) is 19.3. The summed E-state index contributed by atoms with van der Waals surface area (Å²) in [6.07, 6.45) is 8.52. The van der Waals surface area contributed by atoms with E-state index < -0.39 is 11.7 Å². The van der Waals surface area contributed by atoms with Crippen LogP contribution in [0, 0.1) is 35.0 Å². The molecule has 0 amide bonds. The van der Waals surface area contributed by atoms with Gasteiger partial charge in [-0.15, -0.1) is 29.5 Å². The summed E-state index contributed by atoms with van der Waals surface area (Å²) < 4.78 is 20.3. The second-order valence-corrected chi connectivity index (χ2v) is 13.9. The molecule has 4 fully saturated rings. The van der Waals surface area contributed by atoms with E-state index in [0.29, 0.717) is 61.4 Å². The van der Waals surface area contributed by atoms with Crippen molar-refractivity contribution in [1.29, 1.82) is 10.5 Å². The summed E-state index contributed by atoms with van der Waals surface area (Å²) in [6.45, 7) is 2.99. The molecule has 1 saturated carbocycles. The quantitative estimate of drug-likeness (QED) is 0.487. The Labute approximate surface area is 240 Å². The van der Waals surface area contributed by atoms with E-state index in [1.165, 1.54) is 11.3 Å². The number of nitrogens with two attached hydrogens (primary N) is 1. The number of anilines is 3. The summed E-state index contributed by atoms with van der Waals surface area (Å²) in [5.74, 6) is 4.22. The summed E-state index contributed by atoms with van der Waals surface area (Å²) in [5, 5.41) is 20.3. The molecule has 7 rings (SSSR count). The van der Waals surface area contributed by atoms with E-state index in [1.807, 2.05) is 16.7 Å². The Morgan fingerprint density at radius 1 is 1.23 bits per heavy atom. The van der Waals surface area contributed by atoms with Crippen LogP contribution in [-0.4, -0.2) is 76.4 Å². The standard InChI is InChI=1S/C27H28FN9OS2/c1-2-7-37(25(13-30)5-6-25)23-32-22(33-24(34-23)38-16-26-4-3-8-36(26)11-17(28)9-26)35-14-27(15-35)20-18(10-29)21(31)40-19(20)12-39-27/h1,17H,3-9,11-12,14-16,31H2/t17?,26-/m0/s1. The second kappa shape index (κ2) is 9.10. The van der Waals surface area contributed by atoms with Gasteiger partial charge in [0.1, 0.15) is 29.4 Å². The molecule has 3 saturated heterocycles. The topological polar surface area (TPSA) is 131 Å². The predicted octanol–water partition coefficient (Wildman–Crippen LogP) is 2.80. The van der Waals surface area contributed by atoms with E-state index in [4.69, 9.17) is 21.9 Å². The van der Waals surface area contributed by atoms with E-state index in [1.54, 1.807) is 4.90 Å². The van der Waals surface area contributed by atoms with Gasteiger partial charge in [0.15, 0.2) is 0 Å². The number of fused-ring (bicyclic) bond motifs is 3. The number of nitriles is 2. The van der Waals surface area contributed by atoms with E-state index in [9.17, 15) is 14.9 Å². The number of alkyl halides is 1. The van der Waals surface area contributed by atoms with Crippen LogP contribution in [0.5, 0.6) is 6.01 Å². The number of terminal acetylenes is 1. The van der Waals surface area contributed by atoms with Crippen LogP contribution >= 0.6 is 23.1 Å². The van der Waals surface area contributed by atoms with Crippen molar-refractivity contribution in [3.63, 3.8) is 0 Å². The molecule has 1 aliphatic carbocycles. The summed E-state index contributed by atoms with van der Waals surface area (Å²) in [7, 11) is 0. The Hall–Kier alpha value is -3.31. The number of rotatable bonds is 7. The van der Waals surface area contributed by atoms with Crippen LogP contribution in [0.1, 0.15) is 48.1 Å². The zero-order valence-corrected chi connectivity index (χ0v) is 23.5. The lowest BCUT2D eigenvalue weighted by Crippen LogP contribution is -2.57. The summed E-state index contributed by atoms with van der Waals surface area (Å²) >= 11 is 3.32. The minimum atomic E-state index is -0.861. The third-order valence-electron chi connectivity index (χ3n) is 8.99. The summed E-state index contributed by atoms with van der Waals surface area (Å²) in [5.41, 5.74) is 6.69. The Morgan fingerprint density at radius 2 is 2.05 bits per heavy atom. The molecule has 206 valence electrons. The lowest BCUT2D eigenvalue weighted by Gasteiger charge is -2.47. The fourth-order valence-corrected chi connectivity index (χ4v) is 9.61. The first-order valence-electron chi connectivity index (χ1n) is 13.5. The predicted molar refractivity (Wildman–Crippen MR) is 151 cm³/mol. The largest absolute Gasteiger partial charge is 0.461 e. The zero-order chi connectivity index (χ0) is 27.7. The molecule has 0 bridgehead atoms. The molecule has 13 heteroatoms. The van der Waals surface area contributed by atoms with Gasteiger partial charge in [0.25, 0.3) is 0 Å². The molecule has 2 atom stereocenters. The molecule has 40 heavy (non-hydrogen) atoms. The van der Waals surface area contributed by atoms with Crippen LogP contribution in [0.25, 0.3) is 0 Å². The van der Waals surface area contributed by atoms with Gasteiger partial charge in [-0.2, -0.15) is 25.5 Å². The van der Waals surface area contributed by atoms with E-state index in [0.717, 1.165) is 35.6 Å². The molecule has 6 heterocycles. The van der Waals surface area contributed by atoms with Crippen molar-refractivity contribution >= 4 is 40.0 Å². The highest BCUT2D eigenvalue weighted by Crippen LogP contribution is 2.58. The molecule has 1 unspecified atom stereocenters. The van der Waals surface area contributed by atoms with Crippen LogP contribution in [-0.2, 0) is 10.5 Å². The molecule has 2 aromatic rings. The van der Waals surface area contributed by atoms with Gasteiger partial charge in [0.05, 0.1) is 28.5 Å². The molecule has 2 N–H and O–H groups in total. The van der Waals surface area contributed by atoms with Gasteiger partial charge in [-0.05, 0) is 32.2 Å². The van der Waals surface area contributed by atoms with E-state index in [2.05, 4.69) is 32.9 Å². The van der Waals surface area contributed by atoms with Crippen LogP contribution in [0.4, 0.5) is 21.3 Å². The maximum absolute atomic E-state index is 14.3. The van der Waals surface area contributed by atoms with Gasteiger partial charge in [-0.25, -0.2) is 4.39 Å². The number of halogens is 1. The number of hydrogen-bond acceptors (Lipinski definition) is 12. The molecular formula is C27H28FN9OS2. The highest BCUT2D eigenvalue weighted by atomic mass is 32.2. The normalized spacial score (nSPS) is 26.9. The number of thioether (sulfide) groups is 1. The average molecular weight is 578 g/mol. The smallest absolute Gasteiger partial charge is 0.323 e. The number of nitrogens with zero attached hydrogens (tertiary/aromatic N) is 8. The molecule has 2 aromatic heterocycles. The number of thiophene rings is 1. The second-order valence-electron chi connectivity index (χ2n) is 11.4. The van der Waals surface area contributed by atoms with Crippen LogP contribution in [0.15, 0.2) is 0 Å². The van der Waals surface area contributed by atoms with Crippen molar-refractivity contribution in [2.24, 2.45) is 0 Å². The van der Waals surface area contributed by atoms with Gasteiger partial charge in [-0.1, -0.05) is 5.92 Å². The van der Waals surface area contributed by atoms with Gasteiger partial charge in [-0.3, -0.25) is 4.90 Å². The van der Waals surface area contributed by atoms with Crippen molar-refractivity contribution in [3.8, 4) is 30.5 Å². The van der Waals surface area contributed by atoms with E-state index in [-0.39, 0.29) is 29.4 Å². The van der Waals surface area contributed by atoms with Gasteiger partial charge < -0.3 is 20.3 Å².